The normalized spacial score (nSPS) is 12.4. The minimum absolute atomic E-state index is 0.172. The molecule has 1 aromatic carbocycles. The predicted octanol–water partition coefficient (Wildman–Crippen LogP) is 4.13. The maximum Gasteiger partial charge on any atom is 0.0594 e. The van der Waals surface area contributed by atoms with Gasteiger partial charge < -0.3 is 5.32 Å². The average molecular weight is 275 g/mol. The van der Waals surface area contributed by atoms with Crippen molar-refractivity contribution in [1.29, 1.82) is 0 Å². The van der Waals surface area contributed by atoms with Crippen LogP contribution in [0.1, 0.15) is 36.1 Å². The van der Waals surface area contributed by atoms with Crippen LogP contribution in [0.2, 0.25) is 5.02 Å². The first kappa shape index (κ1) is 14.0. The summed E-state index contributed by atoms with van der Waals surface area (Å²) in [5.41, 5.74) is 3.69. The molecule has 0 fully saturated rings. The van der Waals surface area contributed by atoms with E-state index in [0.717, 1.165) is 18.0 Å². The van der Waals surface area contributed by atoms with Crippen LogP contribution in [0.4, 0.5) is 0 Å². The van der Waals surface area contributed by atoms with Crippen LogP contribution in [0.5, 0.6) is 0 Å². The molecule has 19 heavy (non-hydrogen) atoms. The molecule has 0 radical (unpaired) electrons. The smallest absolute Gasteiger partial charge is 0.0594 e. The molecule has 2 nitrogen and oxygen atoms in total. The Morgan fingerprint density at radius 1 is 1.21 bits per heavy atom. The number of pyridine rings is 1. The number of halogens is 1. The van der Waals surface area contributed by atoms with E-state index in [-0.39, 0.29) is 6.04 Å². The van der Waals surface area contributed by atoms with E-state index in [1.54, 1.807) is 0 Å². The van der Waals surface area contributed by atoms with Gasteiger partial charge in [-0.1, -0.05) is 30.7 Å². The standard InChI is InChI=1S/C16H19ClN2/c1-3-9-19-16(13-4-6-14(17)7-5-13)15-11-18-10-8-12(15)2/h4-8,10-11,16,19H,3,9H2,1-2H3. The van der Waals surface area contributed by atoms with Gasteiger partial charge in [0, 0.05) is 17.4 Å². The lowest BCUT2D eigenvalue weighted by atomic mass is 9.96. The van der Waals surface area contributed by atoms with Crippen molar-refractivity contribution in [3.05, 3.63) is 64.4 Å². The third-order valence-corrected chi connectivity index (χ3v) is 3.44. The fraction of sp³-hybridized carbons (Fsp3) is 0.312. The molecule has 100 valence electrons. The highest BCUT2D eigenvalue weighted by Crippen LogP contribution is 2.25. The molecule has 0 saturated carbocycles. The molecule has 0 saturated heterocycles. The van der Waals surface area contributed by atoms with Crippen molar-refractivity contribution in [3.8, 4) is 0 Å². The van der Waals surface area contributed by atoms with E-state index in [1.807, 2.05) is 30.6 Å². The Morgan fingerprint density at radius 3 is 2.58 bits per heavy atom. The second kappa shape index (κ2) is 6.69. The van der Waals surface area contributed by atoms with Crippen LogP contribution in [0.3, 0.4) is 0 Å². The molecule has 0 bridgehead atoms. The highest BCUT2D eigenvalue weighted by atomic mass is 35.5. The van der Waals surface area contributed by atoms with Crippen LogP contribution in [0.25, 0.3) is 0 Å². The number of nitrogens with one attached hydrogen (secondary N) is 1. The van der Waals surface area contributed by atoms with Crippen LogP contribution in [-0.2, 0) is 0 Å². The van der Waals surface area contributed by atoms with E-state index in [9.17, 15) is 0 Å². The summed E-state index contributed by atoms with van der Waals surface area (Å²) in [7, 11) is 0. The van der Waals surface area contributed by atoms with E-state index in [1.165, 1.54) is 16.7 Å². The topological polar surface area (TPSA) is 24.9 Å². The maximum absolute atomic E-state index is 5.97. The van der Waals surface area contributed by atoms with Crippen molar-refractivity contribution in [2.75, 3.05) is 6.54 Å². The fourth-order valence-corrected chi connectivity index (χ4v) is 2.26. The monoisotopic (exact) mass is 274 g/mol. The molecule has 1 N–H and O–H groups in total. The Balaban J connectivity index is 2.35. The molecule has 0 amide bonds. The number of benzene rings is 1. The van der Waals surface area contributed by atoms with Crippen LogP contribution >= 0.6 is 11.6 Å². The Hall–Kier alpha value is -1.38. The molecule has 3 heteroatoms. The molecule has 2 aromatic rings. The predicted molar refractivity (Wildman–Crippen MR) is 80.6 cm³/mol. The van der Waals surface area contributed by atoms with Crippen LogP contribution in [0.15, 0.2) is 42.7 Å². The largest absolute Gasteiger partial charge is 0.306 e. The van der Waals surface area contributed by atoms with Gasteiger partial charge in [-0.15, -0.1) is 0 Å². The van der Waals surface area contributed by atoms with Crippen molar-refractivity contribution < 1.29 is 0 Å². The maximum atomic E-state index is 5.97. The van der Waals surface area contributed by atoms with E-state index in [2.05, 4.69) is 36.3 Å². The van der Waals surface area contributed by atoms with Crippen molar-refractivity contribution >= 4 is 11.6 Å². The second-order valence-electron chi connectivity index (χ2n) is 4.67. The summed E-state index contributed by atoms with van der Waals surface area (Å²) < 4.78 is 0. The van der Waals surface area contributed by atoms with Crippen LogP contribution in [0, 0.1) is 6.92 Å². The van der Waals surface area contributed by atoms with E-state index in [0.29, 0.717) is 0 Å². The molecule has 1 unspecified atom stereocenters. The van der Waals surface area contributed by atoms with Gasteiger partial charge in [0.25, 0.3) is 0 Å². The van der Waals surface area contributed by atoms with Gasteiger partial charge in [0.2, 0.25) is 0 Å². The number of hydrogen-bond acceptors (Lipinski definition) is 2. The lowest BCUT2D eigenvalue weighted by Crippen LogP contribution is -2.24. The Morgan fingerprint density at radius 2 is 1.95 bits per heavy atom. The molecule has 1 atom stereocenters. The number of nitrogens with zero attached hydrogens (tertiary/aromatic N) is 1. The van der Waals surface area contributed by atoms with Gasteiger partial charge in [0.15, 0.2) is 0 Å². The Labute approximate surface area is 119 Å². The first-order valence-electron chi connectivity index (χ1n) is 6.61. The SMILES string of the molecule is CCCNC(c1ccc(Cl)cc1)c1cnccc1C. The van der Waals surface area contributed by atoms with Gasteiger partial charge in [-0.2, -0.15) is 0 Å². The van der Waals surface area contributed by atoms with E-state index < -0.39 is 0 Å². The summed E-state index contributed by atoms with van der Waals surface area (Å²) in [5.74, 6) is 0. The van der Waals surface area contributed by atoms with Gasteiger partial charge in [-0.3, -0.25) is 4.98 Å². The zero-order chi connectivity index (χ0) is 13.7. The van der Waals surface area contributed by atoms with E-state index in [4.69, 9.17) is 11.6 Å². The van der Waals surface area contributed by atoms with Crippen molar-refractivity contribution in [2.24, 2.45) is 0 Å². The zero-order valence-electron chi connectivity index (χ0n) is 11.4. The van der Waals surface area contributed by atoms with Gasteiger partial charge in [0.05, 0.1) is 6.04 Å². The van der Waals surface area contributed by atoms with Crippen molar-refractivity contribution in [1.82, 2.24) is 10.3 Å². The van der Waals surface area contributed by atoms with Crippen molar-refractivity contribution in [2.45, 2.75) is 26.3 Å². The summed E-state index contributed by atoms with van der Waals surface area (Å²) in [6.45, 7) is 5.26. The van der Waals surface area contributed by atoms with Gasteiger partial charge in [-0.05, 0) is 54.8 Å². The molecule has 1 aromatic heterocycles. The minimum Gasteiger partial charge on any atom is -0.306 e. The highest BCUT2D eigenvalue weighted by molar-refractivity contribution is 6.30. The number of hydrogen-bond donors (Lipinski definition) is 1. The molecule has 0 aliphatic heterocycles. The molecule has 0 aliphatic rings. The summed E-state index contributed by atoms with van der Waals surface area (Å²) in [6, 6.07) is 10.2. The number of rotatable bonds is 5. The Kier molecular flexibility index (Phi) is 4.94. The molecular weight excluding hydrogens is 256 g/mol. The quantitative estimate of drug-likeness (QED) is 0.887. The highest BCUT2D eigenvalue weighted by Gasteiger charge is 2.15. The Bertz CT molecular complexity index is 523. The molecule has 0 aliphatic carbocycles. The lowest BCUT2D eigenvalue weighted by Gasteiger charge is -2.21. The average Bonchev–Trinajstić information content (AvgIpc) is 2.43. The summed E-state index contributed by atoms with van der Waals surface area (Å²) in [6.07, 6.45) is 4.87. The number of aromatic nitrogens is 1. The third kappa shape index (κ3) is 3.55. The first-order valence-corrected chi connectivity index (χ1v) is 6.99. The van der Waals surface area contributed by atoms with E-state index >= 15 is 0 Å². The first-order chi connectivity index (χ1) is 9.22. The minimum atomic E-state index is 0.172. The van der Waals surface area contributed by atoms with Gasteiger partial charge >= 0.3 is 0 Å². The van der Waals surface area contributed by atoms with Gasteiger partial charge in [0.1, 0.15) is 0 Å². The fourth-order valence-electron chi connectivity index (χ4n) is 2.13. The summed E-state index contributed by atoms with van der Waals surface area (Å²) in [4.78, 5) is 4.25. The summed E-state index contributed by atoms with van der Waals surface area (Å²) in [5, 5.41) is 4.34. The third-order valence-electron chi connectivity index (χ3n) is 3.19. The zero-order valence-corrected chi connectivity index (χ0v) is 12.1. The molecule has 0 spiro atoms. The molecule has 1 heterocycles. The summed E-state index contributed by atoms with van der Waals surface area (Å²) >= 11 is 5.97. The molecular formula is C16H19ClN2. The van der Waals surface area contributed by atoms with Crippen LogP contribution in [-0.4, -0.2) is 11.5 Å². The van der Waals surface area contributed by atoms with Crippen LogP contribution < -0.4 is 5.32 Å². The number of aryl methyl sites for hydroxylation is 1. The van der Waals surface area contributed by atoms with Gasteiger partial charge in [-0.25, -0.2) is 0 Å². The second-order valence-corrected chi connectivity index (χ2v) is 5.11. The molecule has 2 rings (SSSR count). The lowest BCUT2D eigenvalue weighted by molar-refractivity contribution is 0.594. The van der Waals surface area contributed by atoms with Crippen molar-refractivity contribution in [3.63, 3.8) is 0 Å².